The van der Waals surface area contributed by atoms with Gasteiger partial charge < -0.3 is 4.74 Å². The lowest BCUT2D eigenvalue weighted by atomic mass is 10.0. The summed E-state index contributed by atoms with van der Waals surface area (Å²) in [6.45, 7) is 9.23. The lowest BCUT2D eigenvalue weighted by Crippen LogP contribution is -2.02. The van der Waals surface area contributed by atoms with E-state index in [9.17, 15) is 0 Å². The molecule has 1 aromatic heterocycles. The zero-order chi connectivity index (χ0) is 10.6. The minimum Gasteiger partial charge on any atom is -0.477 e. The van der Waals surface area contributed by atoms with Crippen molar-refractivity contribution in [2.75, 3.05) is 6.61 Å². The van der Waals surface area contributed by atoms with Crippen molar-refractivity contribution in [3.05, 3.63) is 23.4 Å². The van der Waals surface area contributed by atoms with E-state index in [1.165, 1.54) is 11.1 Å². The molecule has 2 heteroatoms. The molecule has 0 saturated carbocycles. The largest absolute Gasteiger partial charge is 0.477 e. The monoisotopic (exact) mass is 193 g/mol. The summed E-state index contributed by atoms with van der Waals surface area (Å²) in [6, 6.07) is 2.16. The predicted octanol–water partition coefficient (Wildman–Crippen LogP) is 3.30. The second kappa shape index (κ2) is 4.99. The van der Waals surface area contributed by atoms with Gasteiger partial charge in [-0.05, 0) is 30.9 Å². The maximum atomic E-state index is 5.59. The van der Waals surface area contributed by atoms with E-state index in [2.05, 4.69) is 38.7 Å². The third kappa shape index (κ3) is 2.72. The molecule has 0 saturated heterocycles. The minimum atomic E-state index is 0.467. The fraction of sp³-hybridized carbons (Fsp3) is 0.583. The first-order valence-electron chi connectivity index (χ1n) is 5.24. The summed E-state index contributed by atoms with van der Waals surface area (Å²) < 4.78 is 5.59. The Morgan fingerprint density at radius 3 is 2.71 bits per heavy atom. The molecule has 1 heterocycles. The van der Waals surface area contributed by atoms with Gasteiger partial charge >= 0.3 is 0 Å². The van der Waals surface area contributed by atoms with Crippen LogP contribution in [0.5, 0.6) is 5.88 Å². The highest BCUT2D eigenvalue weighted by molar-refractivity contribution is 5.31. The molecule has 78 valence electrons. The summed E-state index contributed by atoms with van der Waals surface area (Å²) in [6.07, 6.45) is 2.88. The average Bonchev–Trinajstić information content (AvgIpc) is 2.15. The van der Waals surface area contributed by atoms with Crippen LogP contribution < -0.4 is 4.74 Å². The molecule has 0 radical (unpaired) electrons. The normalized spacial score (nSPS) is 10.6. The molecule has 14 heavy (non-hydrogen) atoms. The highest BCUT2D eigenvalue weighted by Crippen LogP contribution is 2.24. The molecule has 0 unspecified atom stereocenters. The molecule has 0 atom stereocenters. The quantitative estimate of drug-likeness (QED) is 0.732. The highest BCUT2D eigenvalue weighted by atomic mass is 16.5. The molecule has 0 amide bonds. The van der Waals surface area contributed by atoms with Gasteiger partial charge in [-0.25, -0.2) is 4.98 Å². The Labute approximate surface area is 86.3 Å². The Balaban J connectivity index is 2.90. The van der Waals surface area contributed by atoms with Crippen LogP contribution in [0.1, 0.15) is 44.2 Å². The molecular weight excluding hydrogens is 174 g/mol. The third-order valence-corrected chi connectivity index (χ3v) is 2.08. The van der Waals surface area contributed by atoms with Crippen LogP contribution in [0.25, 0.3) is 0 Å². The number of hydrogen-bond acceptors (Lipinski definition) is 2. The Morgan fingerprint density at radius 2 is 2.14 bits per heavy atom. The molecular formula is C12H19NO. The maximum Gasteiger partial charge on any atom is 0.216 e. The van der Waals surface area contributed by atoms with Crippen LogP contribution in [0.4, 0.5) is 0 Å². The Morgan fingerprint density at radius 1 is 1.43 bits per heavy atom. The number of ether oxygens (including phenoxy) is 1. The first-order valence-corrected chi connectivity index (χ1v) is 5.24. The van der Waals surface area contributed by atoms with Crippen LogP contribution >= 0.6 is 0 Å². The van der Waals surface area contributed by atoms with Crippen molar-refractivity contribution in [1.29, 1.82) is 0 Å². The lowest BCUT2D eigenvalue weighted by molar-refractivity contribution is 0.300. The van der Waals surface area contributed by atoms with Crippen molar-refractivity contribution in [3.63, 3.8) is 0 Å². The van der Waals surface area contributed by atoms with E-state index in [0.29, 0.717) is 5.92 Å². The van der Waals surface area contributed by atoms with Gasteiger partial charge in [0.05, 0.1) is 6.61 Å². The van der Waals surface area contributed by atoms with Gasteiger partial charge in [-0.1, -0.05) is 20.8 Å². The number of rotatable bonds is 4. The molecule has 0 aliphatic heterocycles. The van der Waals surface area contributed by atoms with E-state index in [1.54, 1.807) is 0 Å². The van der Waals surface area contributed by atoms with Crippen molar-refractivity contribution in [3.8, 4) is 5.88 Å². The lowest BCUT2D eigenvalue weighted by Gasteiger charge is -2.12. The van der Waals surface area contributed by atoms with Crippen LogP contribution in [0.2, 0.25) is 0 Å². The van der Waals surface area contributed by atoms with Gasteiger partial charge in [0.2, 0.25) is 5.88 Å². The van der Waals surface area contributed by atoms with Crippen molar-refractivity contribution < 1.29 is 4.74 Å². The van der Waals surface area contributed by atoms with E-state index in [0.717, 1.165) is 18.9 Å². The SMILES string of the molecule is CCCOc1ncc(C)cc1C(C)C. The highest BCUT2D eigenvalue weighted by Gasteiger charge is 2.08. The van der Waals surface area contributed by atoms with E-state index in [4.69, 9.17) is 4.74 Å². The number of aromatic nitrogens is 1. The average molecular weight is 193 g/mol. The summed E-state index contributed by atoms with van der Waals surface area (Å²) in [4.78, 5) is 4.31. The summed E-state index contributed by atoms with van der Waals surface area (Å²) in [7, 11) is 0. The number of pyridine rings is 1. The molecule has 0 aromatic carbocycles. The van der Waals surface area contributed by atoms with Crippen molar-refractivity contribution in [2.24, 2.45) is 0 Å². The summed E-state index contributed by atoms with van der Waals surface area (Å²) >= 11 is 0. The van der Waals surface area contributed by atoms with Crippen LogP contribution in [0, 0.1) is 6.92 Å². The fourth-order valence-corrected chi connectivity index (χ4v) is 1.31. The standard InChI is InChI=1S/C12H19NO/c1-5-6-14-12-11(9(2)3)7-10(4)8-13-12/h7-9H,5-6H2,1-4H3. The smallest absolute Gasteiger partial charge is 0.216 e. The van der Waals surface area contributed by atoms with Crippen LogP contribution in [-0.4, -0.2) is 11.6 Å². The Hall–Kier alpha value is -1.05. The van der Waals surface area contributed by atoms with E-state index in [1.807, 2.05) is 6.20 Å². The summed E-state index contributed by atoms with van der Waals surface area (Å²) in [5, 5.41) is 0. The molecule has 0 aliphatic rings. The van der Waals surface area contributed by atoms with E-state index < -0.39 is 0 Å². The van der Waals surface area contributed by atoms with Crippen molar-refractivity contribution in [1.82, 2.24) is 4.98 Å². The van der Waals surface area contributed by atoms with Gasteiger partial charge in [0, 0.05) is 11.8 Å². The third-order valence-electron chi connectivity index (χ3n) is 2.08. The van der Waals surface area contributed by atoms with Crippen molar-refractivity contribution in [2.45, 2.75) is 40.0 Å². The number of aryl methyl sites for hydroxylation is 1. The van der Waals surface area contributed by atoms with Gasteiger partial charge in [0.1, 0.15) is 0 Å². The van der Waals surface area contributed by atoms with Gasteiger partial charge in [0.25, 0.3) is 0 Å². The molecule has 1 aromatic rings. The molecule has 0 spiro atoms. The summed E-state index contributed by atoms with van der Waals surface area (Å²) in [5.74, 6) is 1.27. The van der Waals surface area contributed by atoms with Gasteiger partial charge in [-0.3, -0.25) is 0 Å². The van der Waals surface area contributed by atoms with Crippen LogP contribution in [0.15, 0.2) is 12.3 Å². The molecule has 0 fully saturated rings. The molecule has 1 rings (SSSR count). The maximum absolute atomic E-state index is 5.59. The predicted molar refractivity (Wildman–Crippen MR) is 58.8 cm³/mol. The zero-order valence-electron chi connectivity index (χ0n) is 9.50. The number of nitrogens with zero attached hydrogens (tertiary/aromatic N) is 1. The van der Waals surface area contributed by atoms with E-state index >= 15 is 0 Å². The first-order chi connectivity index (χ1) is 6.65. The Bertz CT molecular complexity index is 294. The fourth-order valence-electron chi connectivity index (χ4n) is 1.31. The molecule has 0 N–H and O–H groups in total. The van der Waals surface area contributed by atoms with Crippen LogP contribution in [0.3, 0.4) is 0 Å². The minimum absolute atomic E-state index is 0.467. The second-order valence-corrected chi connectivity index (χ2v) is 3.91. The Kier molecular flexibility index (Phi) is 3.93. The second-order valence-electron chi connectivity index (χ2n) is 3.91. The topological polar surface area (TPSA) is 22.1 Å². The first kappa shape index (κ1) is 11.0. The van der Waals surface area contributed by atoms with Crippen LogP contribution in [-0.2, 0) is 0 Å². The van der Waals surface area contributed by atoms with Crippen molar-refractivity contribution >= 4 is 0 Å². The molecule has 0 aliphatic carbocycles. The zero-order valence-corrected chi connectivity index (χ0v) is 9.50. The van der Waals surface area contributed by atoms with Gasteiger partial charge in [-0.15, -0.1) is 0 Å². The molecule has 2 nitrogen and oxygen atoms in total. The number of hydrogen-bond donors (Lipinski definition) is 0. The van der Waals surface area contributed by atoms with Gasteiger partial charge in [-0.2, -0.15) is 0 Å². The van der Waals surface area contributed by atoms with Gasteiger partial charge in [0.15, 0.2) is 0 Å². The van der Waals surface area contributed by atoms with E-state index in [-0.39, 0.29) is 0 Å². The molecule has 0 bridgehead atoms. The summed E-state index contributed by atoms with van der Waals surface area (Å²) in [5.41, 5.74) is 2.40.